The molecule has 3 N–H and O–H groups in total. The first kappa shape index (κ1) is 12.5. The molecular weight excluding hydrogens is 228 g/mol. The van der Waals surface area contributed by atoms with Crippen molar-refractivity contribution in [3.63, 3.8) is 0 Å². The third-order valence-electron chi connectivity index (χ3n) is 3.04. The van der Waals surface area contributed by atoms with Gasteiger partial charge in [-0.2, -0.15) is 0 Å². The van der Waals surface area contributed by atoms with Crippen molar-refractivity contribution in [1.29, 1.82) is 0 Å². The van der Waals surface area contributed by atoms with Crippen molar-refractivity contribution in [2.24, 2.45) is 5.73 Å². The van der Waals surface area contributed by atoms with Gasteiger partial charge in [-0.3, -0.25) is 0 Å². The summed E-state index contributed by atoms with van der Waals surface area (Å²) in [7, 11) is 3.26. The van der Waals surface area contributed by atoms with E-state index >= 15 is 0 Å². The molecule has 2 aromatic rings. The van der Waals surface area contributed by atoms with Crippen molar-refractivity contribution in [2.45, 2.75) is 5.92 Å². The first-order chi connectivity index (χ1) is 8.80. The standard InChI is InChI=1S/C14H18N2O2/c1-17-13-6-5-10(8-14(13)18-2)11(9-15)12-4-3-7-16-12/h3-8,11,16H,9,15H2,1-2H3. The normalized spacial score (nSPS) is 12.2. The minimum Gasteiger partial charge on any atom is -0.493 e. The van der Waals surface area contributed by atoms with Crippen molar-refractivity contribution in [1.82, 2.24) is 4.98 Å². The topological polar surface area (TPSA) is 60.3 Å². The number of nitrogens with two attached hydrogens (primary N) is 1. The molecule has 1 aromatic carbocycles. The number of ether oxygens (including phenoxy) is 2. The molecular formula is C14H18N2O2. The van der Waals surface area contributed by atoms with Crippen molar-refractivity contribution in [3.8, 4) is 11.5 Å². The second-order valence-electron chi connectivity index (χ2n) is 4.03. The van der Waals surface area contributed by atoms with Gasteiger partial charge in [0, 0.05) is 24.4 Å². The predicted molar refractivity (Wildman–Crippen MR) is 71.2 cm³/mol. The fraction of sp³-hybridized carbons (Fsp3) is 0.286. The lowest BCUT2D eigenvalue weighted by molar-refractivity contribution is 0.354. The number of hydrogen-bond acceptors (Lipinski definition) is 3. The average molecular weight is 246 g/mol. The van der Waals surface area contributed by atoms with Crippen LogP contribution in [0, 0.1) is 0 Å². The van der Waals surface area contributed by atoms with Crippen LogP contribution in [0.5, 0.6) is 11.5 Å². The fourth-order valence-corrected chi connectivity index (χ4v) is 2.07. The molecule has 1 heterocycles. The largest absolute Gasteiger partial charge is 0.493 e. The molecule has 0 saturated heterocycles. The number of aromatic amines is 1. The molecule has 96 valence electrons. The zero-order valence-corrected chi connectivity index (χ0v) is 10.6. The first-order valence-corrected chi connectivity index (χ1v) is 5.85. The molecule has 0 aliphatic rings. The third-order valence-corrected chi connectivity index (χ3v) is 3.04. The summed E-state index contributed by atoms with van der Waals surface area (Å²) in [5.74, 6) is 1.59. The molecule has 0 fully saturated rings. The van der Waals surface area contributed by atoms with E-state index in [4.69, 9.17) is 15.2 Å². The lowest BCUT2D eigenvalue weighted by Crippen LogP contribution is -2.14. The summed E-state index contributed by atoms with van der Waals surface area (Å²) in [6.07, 6.45) is 1.90. The SMILES string of the molecule is COc1ccc(C(CN)c2ccc[nH]2)cc1OC. The van der Waals surface area contributed by atoms with E-state index in [0.717, 1.165) is 22.8 Å². The number of rotatable bonds is 5. The summed E-state index contributed by atoms with van der Waals surface area (Å²) in [5.41, 5.74) is 8.08. The zero-order chi connectivity index (χ0) is 13.0. The van der Waals surface area contributed by atoms with Gasteiger partial charge in [0.2, 0.25) is 0 Å². The van der Waals surface area contributed by atoms with Gasteiger partial charge in [0.1, 0.15) is 0 Å². The van der Waals surface area contributed by atoms with Crippen LogP contribution in [0.15, 0.2) is 36.5 Å². The van der Waals surface area contributed by atoms with Gasteiger partial charge in [0.25, 0.3) is 0 Å². The molecule has 0 spiro atoms. The smallest absolute Gasteiger partial charge is 0.161 e. The Morgan fingerprint density at radius 3 is 2.50 bits per heavy atom. The van der Waals surface area contributed by atoms with Gasteiger partial charge in [-0.05, 0) is 29.8 Å². The maximum Gasteiger partial charge on any atom is 0.161 e. The molecule has 0 radical (unpaired) electrons. The summed E-state index contributed by atoms with van der Waals surface area (Å²) in [6, 6.07) is 9.89. The van der Waals surface area contributed by atoms with Crippen molar-refractivity contribution < 1.29 is 9.47 Å². The van der Waals surface area contributed by atoms with Crippen LogP contribution in [0.4, 0.5) is 0 Å². The lowest BCUT2D eigenvalue weighted by atomic mass is 9.95. The van der Waals surface area contributed by atoms with Gasteiger partial charge < -0.3 is 20.2 Å². The van der Waals surface area contributed by atoms with E-state index in [2.05, 4.69) is 4.98 Å². The van der Waals surface area contributed by atoms with Gasteiger partial charge in [0.15, 0.2) is 11.5 Å². The molecule has 0 aliphatic carbocycles. The molecule has 2 rings (SSSR count). The summed E-state index contributed by atoms with van der Waals surface area (Å²) in [6.45, 7) is 0.538. The zero-order valence-electron chi connectivity index (χ0n) is 10.6. The quantitative estimate of drug-likeness (QED) is 0.849. The van der Waals surface area contributed by atoms with Crippen LogP contribution in [0.1, 0.15) is 17.2 Å². The van der Waals surface area contributed by atoms with E-state index in [-0.39, 0.29) is 5.92 Å². The van der Waals surface area contributed by atoms with E-state index in [1.54, 1.807) is 14.2 Å². The minimum absolute atomic E-state index is 0.139. The van der Waals surface area contributed by atoms with E-state index in [1.807, 2.05) is 36.5 Å². The van der Waals surface area contributed by atoms with Gasteiger partial charge >= 0.3 is 0 Å². The number of H-pyrrole nitrogens is 1. The minimum atomic E-state index is 0.139. The number of methoxy groups -OCH3 is 2. The van der Waals surface area contributed by atoms with E-state index < -0.39 is 0 Å². The van der Waals surface area contributed by atoms with Crippen LogP contribution >= 0.6 is 0 Å². The summed E-state index contributed by atoms with van der Waals surface area (Å²) < 4.78 is 10.5. The van der Waals surface area contributed by atoms with Crippen LogP contribution in [-0.2, 0) is 0 Å². The van der Waals surface area contributed by atoms with E-state index in [1.165, 1.54) is 0 Å². The highest BCUT2D eigenvalue weighted by atomic mass is 16.5. The maximum absolute atomic E-state index is 5.87. The molecule has 18 heavy (non-hydrogen) atoms. The van der Waals surface area contributed by atoms with Crippen LogP contribution in [0.2, 0.25) is 0 Å². The molecule has 1 aromatic heterocycles. The van der Waals surface area contributed by atoms with Crippen LogP contribution in [-0.4, -0.2) is 25.7 Å². The molecule has 0 aliphatic heterocycles. The summed E-state index contributed by atoms with van der Waals surface area (Å²) in [4.78, 5) is 3.20. The van der Waals surface area contributed by atoms with Crippen LogP contribution in [0.25, 0.3) is 0 Å². The van der Waals surface area contributed by atoms with Crippen LogP contribution in [0.3, 0.4) is 0 Å². The second-order valence-corrected chi connectivity index (χ2v) is 4.03. The van der Waals surface area contributed by atoms with Crippen molar-refractivity contribution >= 4 is 0 Å². The highest BCUT2D eigenvalue weighted by Gasteiger charge is 2.15. The van der Waals surface area contributed by atoms with Gasteiger partial charge in [0.05, 0.1) is 14.2 Å². The lowest BCUT2D eigenvalue weighted by Gasteiger charge is -2.16. The first-order valence-electron chi connectivity index (χ1n) is 5.85. The van der Waals surface area contributed by atoms with Gasteiger partial charge in [-0.25, -0.2) is 0 Å². The Morgan fingerprint density at radius 1 is 1.17 bits per heavy atom. The number of hydrogen-bond donors (Lipinski definition) is 2. The molecule has 0 saturated carbocycles. The number of benzene rings is 1. The number of nitrogens with one attached hydrogen (secondary N) is 1. The average Bonchev–Trinajstić information content (AvgIpc) is 2.93. The molecule has 0 amide bonds. The summed E-state index contributed by atoms with van der Waals surface area (Å²) in [5, 5.41) is 0. The van der Waals surface area contributed by atoms with Gasteiger partial charge in [-0.15, -0.1) is 0 Å². The molecule has 0 bridgehead atoms. The van der Waals surface area contributed by atoms with Crippen molar-refractivity contribution in [2.75, 3.05) is 20.8 Å². The predicted octanol–water partition coefficient (Wildman–Crippen LogP) is 2.12. The molecule has 4 heteroatoms. The molecule has 1 atom stereocenters. The second kappa shape index (κ2) is 5.60. The van der Waals surface area contributed by atoms with Crippen LogP contribution < -0.4 is 15.2 Å². The molecule has 1 unspecified atom stereocenters. The monoisotopic (exact) mass is 246 g/mol. The van der Waals surface area contributed by atoms with E-state index in [0.29, 0.717) is 6.54 Å². The third kappa shape index (κ3) is 2.33. The Morgan fingerprint density at radius 2 is 1.94 bits per heavy atom. The highest BCUT2D eigenvalue weighted by Crippen LogP contribution is 2.32. The Balaban J connectivity index is 2.37. The Bertz CT molecular complexity index is 495. The summed E-state index contributed by atoms with van der Waals surface area (Å²) >= 11 is 0. The van der Waals surface area contributed by atoms with Gasteiger partial charge in [-0.1, -0.05) is 6.07 Å². The Kier molecular flexibility index (Phi) is 3.89. The Labute approximate surface area is 107 Å². The molecule has 4 nitrogen and oxygen atoms in total. The Hall–Kier alpha value is -1.94. The number of aromatic nitrogens is 1. The maximum atomic E-state index is 5.87. The fourth-order valence-electron chi connectivity index (χ4n) is 2.07. The van der Waals surface area contributed by atoms with Crippen molar-refractivity contribution in [3.05, 3.63) is 47.8 Å². The highest BCUT2D eigenvalue weighted by molar-refractivity contribution is 5.45. The van der Waals surface area contributed by atoms with E-state index in [9.17, 15) is 0 Å².